The molecular formula is C14H11F2N3. The highest BCUT2D eigenvalue weighted by atomic mass is 19.1. The van der Waals surface area contributed by atoms with Gasteiger partial charge in [-0.05, 0) is 23.8 Å². The van der Waals surface area contributed by atoms with Crippen LogP contribution in [-0.2, 0) is 6.54 Å². The van der Waals surface area contributed by atoms with Gasteiger partial charge in [0.15, 0.2) is 0 Å². The van der Waals surface area contributed by atoms with Gasteiger partial charge in [0.05, 0.1) is 6.07 Å². The highest BCUT2D eigenvalue weighted by Gasteiger charge is 2.15. The summed E-state index contributed by atoms with van der Waals surface area (Å²) < 4.78 is 26.4. The van der Waals surface area contributed by atoms with E-state index in [1.165, 1.54) is 6.07 Å². The van der Waals surface area contributed by atoms with Crippen LogP contribution in [-0.4, -0.2) is 4.98 Å². The smallest absolute Gasteiger partial charge is 0.131 e. The number of hydrogen-bond donors (Lipinski definition) is 1. The third-order valence-corrected chi connectivity index (χ3v) is 2.66. The van der Waals surface area contributed by atoms with Gasteiger partial charge in [-0.3, -0.25) is 10.3 Å². The standard InChI is InChI=1S/C14H11F2N3/c15-11-1-2-12(13(16)7-11)14(8-17)19-9-10-3-5-18-6-4-10/h1-7,14,19H,9H2. The predicted molar refractivity (Wildman–Crippen MR) is 65.8 cm³/mol. The molecule has 1 N–H and O–H groups in total. The van der Waals surface area contributed by atoms with Crippen molar-refractivity contribution in [2.24, 2.45) is 0 Å². The molecule has 1 aromatic heterocycles. The van der Waals surface area contributed by atoms with E-state index < -0.39 is 17.7 Å². The number of aromatic nitrogens is 1. The van der Waals surface area contributed by atoms with Crippen LogP contribution in [0.25, 0.3) is 0 Å². The van der Waals surface area contributed by atoms with E-state index in [0.29, 0.717) is 6.54 Å². The molecule has 0 spiro atoms. The summed E-state index contributed by atoms with van der Waals surface area (Å²) in [5.74, 6) is -1.39. The van der Waals surface area contributed by atoms with Gasteiger partial charge < -0.3 is 0 Å². The molecule has 0 aliphatic heterocycles. The fourth-order valence-electron chi connectivity index (χ4n) is 1.68. The number of nitrogens with zero attached hydrogens (tertiary/aromatic N) is 2. The van der Waals surface area contributed by atoms with Gasteiger partial charge in [0.2, 0.25) is 0 Å². The Kier molecular flexibility index (Phi) is 4.16. The molecule has 1 aromatic carbocycles. The van der Waals surface area contributed by atoms with Gasteiger partial charge in [-0.1, -0.05) is 6.07 Å². The Morgan fingerprint density at radius 2 is 1.95 bits per heavy atom. The average molecular weight is 259 g/mol. The van der Waals surface area contributed by atoms with Gasteiger partial charge >= 0.3 is 0 Å². The number of nitriles is 1. The van der Waals surface area contributed by atoms with E-state index in [4.69, 9.17) is 5.26 Å². The SMILES string of the molecule is N#CC(NCc1ccncc1)c1ccc(F)cc1F. The van der Waals surface area contributed by atoms with E-state index in [0.717, 1.165) is 17.7 Å². The first kappa shape index (κ1) is 13.1. The molecule has 2 aromatic rings. The maximum atomic E-state index is 13.6. The quantitative estimate of drug-likeness (QED) is 0.918. The van der Waals surface area contributed by atoms with Crippen molar-refractivity contribution in [2.45, 2.75) is 12.6 Å². The normalized spacial score (nSPS) is 11.8. The Labute approximate surface area is 109 Å². The second kappa shape index (κ2) is 6.03. The minimum atomic E-state index is -0.825. The number of nitrogens with one attached hydrogen (secondary N) is 1. The van der Waals surface area contributed by atoms with Crippen LogP contribution in [0, 0.1) is 23.0 Å². The third-order valence-electron chi connectivity index (χ3n) is 2.66. The van der Waals surface area contributed by atoms with Crippen LogP contribution >= 0.6 is 0 Å². The minimum Gasteiger partial charge on any atom is -0.294 e. The van der Waals surface area contributed by atoms with Crippen LogP contribution in [0.3, 0.4) is 0 Å². The summed E-state index contributed by atoms with van der Waals surface area (Å²) in [6, 6.07) is 7.91. The third kappa shape index (κ3) is 3.33. The number of halogens is 2. The topological polar surface area (TPSA) is 48.7 Å². The van der Waals surface area contributed by atoms with Crippen molar-refractivity contribution in [3.05, 3.63) is 65.5 Å². The van der Waals surface area contributed by atoms with E-state index >= 15 is 0 Å². The molecule has 19 heavy (non-hydrogen) atoms. The zero-order chi connectivity index (χ0) is 13.7. The maximum absolute atomic E-state index is 13.6. The van der Waals surface area contributed by atoms with Gasteiger partial charge in [-0.2, -0.15) is 5.26 Å². The summed E-state index contributed by atoms with van der Waals surface area (Å²) in [6.07, 6.45) is 3.27. The summed E-state index contributed by atoms with van der Waals surface area (Å²) >= 11 is 0. The molecule has 0 radical (unpaired) electrons. The van der Waals surface area contributed by atoms with E-state index in [-0.39, 0.29) is 5.56 Å². The van der Waals surface area contributed by atoms with Crippen molar-refractivity contribution in [1.29, 1.82) is 5.26 Å². The Balaban J connectivity index is 2.11. The average Bonchev–Trinajstić information content (AvgIpc) is 2.42. The molecule has 0 aliphatic rings. The van der Waals surface area contributed by atoms with Crippen LogP contribution in [0.1, 0.15) is 17.2 Å². The van der Waals surface area contributed by atoms with Crippen LogP contribution in [0.15, 0.2) is 42.7 Å². The maximum Gasteiger partial charge on any atom is 0.131 e. The molecule has 0 amide bonds. The Morgan fingerprint density at radius 3 is 2.58 bits per heavy atom. The van der Waals surface area contributed by atoms with Gasteiger partial charge in [0, 0.05) is 30.6 Å². The number of benzene rings is 1. The molecule has 1 atom stereocenters. The molecule has 0 bridgehead atoms. The van der Waals surface area contributed by atoms with Crippen LogP contribution in [0.5, 0.6) is 0 Å². The summed E-state index contributed by atoms with van der Waals surface area (Å²) in [5.41, 5.74) is 1.07. The lowest BCUT2D eigenvalue weighted by Crippen LogP contribution is -2.20. The lowest BCUT2D eigenvalue weighted by molar-refractivity contribution is 0.543. The lowest BCUT2D eigenvalue weighted by atomic mass is 10.1. The largest absolute Gasteiger partial charge is 0.294 e. The van der Waals surface area contributed by atoms with Gasteiger partial charge in [-0.15, -0.1) is 0 Å². The summed E-state index contributed by atoms with van der Waals surface area (Å²) in [4.78, 5) is 3.88. The van der Waals surface area contributed by atoms with Crippen LogP contribution in [0.4, 0.5) is 8.78 Å². The molecule has 0 aliphatic carbocycles. The van der Waals surface area contributed by atoms with Gasteiger partial charge in [0.1, 0.15) is 17.7 Å². The molecule has 2 rings (SSSR count). The number of pyridine rings is 1. The lowest BCUT2D eigenvalue weighted by Gasteiger charge is -2.12. The molecule has 5 heteroatoms. The van der Waals surface area contributed by atoms with Gasteiger partial charge in [0.25, 0.3) is 0 Å². The highest BCUT2D eigenvalue weighted by Crippen LogP contribution is 2.18. The Bertz CT molecular complexity index is 593. The van der Waals surface area contributed by atoms with Crippen LogP contribution < -0.4 is 5.32 Å². The van der Waals surface area contributed by atoms with Gasteiger partial charge in [-0.25, -0.2) is 8.78 Å². The summed E-state index contributed by atoms with van der Waals surface area (Å²) in [7, 11) is 0. The van der Waals surface area contributed by atoms with Crippen LogP contribution in [0.2, 0.25) is 0 Å². The zero-order valence-electron chi connectivity index (χ0n) is 9.98. The second-order valence-corrected chi connectivity index (χ2v) is 3.96. The van der Waals surface area contributed by atoms with E-state index in [1.54, 1.807) is 24.5 Å². The monoisotopic (exact) mass is 259 g/mol. The molecule has 1 unspecified atom stereocenters. The molecule has 0 fully saturated rings. The Morgan fingerprint density at radius 1 is 1.21 bits per heavy atom. The first-order chi connectivity index (χ1) is 9.20. The van der Waals surface area contributed by atoms with Crippen molar-refractivity contribution in [3.63, 3.8) is 0 Å². The first-order valence-electron chi connectivity index (χ1n) is 5.67. The predicted octanol–water partition coefficient (Wildman–Crippen LogP) is 2.71. The summed E-state index contributed by atoms with van der Waals surface area (Å²) in [6.45, 7) is 0.400. The molecule has 0 saturated carbocycles. The number of hydrogen-bond acceptors (Lipinski definition) is 3. The first-order valence-corrected chi connectivity index (χ1v) is 5.67. The van der Waals surface area contributed by atoms with Crippen molar-refractivity contribution in [3.8, 4) is 6.07 Å². The van der Waals surface area contributed by atoms with Crippen molar-refractivity contribution >= 4 is 0 Å². The summed E-state index contributed by atoms with van der Waals surface area (Å²) in [5, 5.41) is 12.0. The van der Waals surface area contributed by atoms with E-state index in [1.807, 2.05) is 6.07 Å². The molecule has 96 valence electrons. The zero-order valence-corrected chi connectivity index (χ0v) is 9.98. The molecule has 1 heterocycles. The Hall–Kier alpha value is -2.32. The number of rotatable bonds is 4. The fourth-order valence-corrected chi connectivity index (χ4v) is 1.68. The van der Waals surface area contributed by atoms with E-state index in [9.17, 15) is 8.78 Å². The molecule has 3 nitrogen and oxygen atoms in total. The molecule has 0 saturated heterocycles. The highest BCUT2D eigenvalue weighted by molar-refractivity contribution is 5.26. The van der Waals surface area contributed by atoms with Crippen molar-refractivity contribution in [2.75, 3.05) is 0 Å². The second-order valence-electron chi connectivity index (χ2n) is 3.96. The van der Waals surface area contributed by atoms with Crippen molar-refractivity contribution < 1.29 is 8.78 Å². The fraction of sp³-hybridized carbons (Fsp3) is 0.143. The van der Waals surface area contributed by atoms with E-state index in [2.05, 4.69) is 10.3 Å². The minimum absolute atomic E-state index is 0.137. The molecular weight excluding hydrogens is 248 g/mol. The van der Waals surface area contributed by atoms with Crippen molar-refractivity contribution in [1.82, 2.24) is 10.3 Å².